The van der Waals surface area contributed by atoms with Crippen LogP contribution in [0.2, 0.25) is 0 Å². The molecule has 3 rings (SSSR count). The standard InChI is InChI=1S/C15H19FN4O2S/c1-11-8-18-20(9-11)15-4-3-13(7-14(15)16)23(21,22)19-6-5-17-12(2)10-19/h3-4,7-9,12,17H,5-6,10H2,1-2H3/t12-/m1/s1. The normalized spacial score (nSPS) is 19.9. The number of hydrogen-bond donors (Lipinski definition) is 1. The van der Waals surface area contributed by atoms with Crippen molar-refractivity contribution < 1.29 is 12.8 Å². The molecule has 0 saturated carbocycles. The number of nitrogens with zero attached hydrogens (tertiary/aromatic N) is 3. The van der Waals surface area contributed by atoms with E-state index in [0.717, 1.165) is 11.6 Å². The summed E-state index contributed by atoms with van der Waals surface area (Å²) in [7, 11) is -3.69. The van der Waals surface area contributed by atoms with Crippen molar-refractivity contribution in [2.45, 2.75) is 24.8 Å². The van der Waals surface area contributed by atoms with Gasteiger partial charge in [-0.15, -0.1) is 0 Å². The molecule has 0 amide bonds. The molecule has 1 saturated heterocycles. The second-order valence-electron chi connectivity index (χ2n) is 5.79. The van der Waals surface area contributed by atoms with Crippen LogP contribution in [0.4, 0.5) is 4.39 Å². The molecule has 0 bridgehead atoms. The van der Waals surface area contributed by atoms with Crippen LogP contribution in [0, 0.1) is 12.7 Å². The summed E-state index contributed by atoms with van der Waals surface area (Å²) < 4.78 is 42.4. The number of piperazine rings is 1. The number of aromatic nitrogens is 2. The van der Waals surface area contributed by atoms with Crippen LogP contribution in [0.3, 0.4) is 0 Å². The van der Waals surface area contributed by atoms with Crippen LogP contribution in [-0.4, -0.2) is 48.2 Å². The number of hydrogen-bond acceptors (Lipinski definition) is 4. The fourth-order valence-electron chi connectivity index (χ4n) is 2.64. The Morgan fingerprint density at radius 1 is 1.39 bits per heavy atom. The second kappa shape index (κ2) is 6.03. The molecule has 8 heteroatoms. The van der Waals surface area contributed by atoms with E-state index < -0.39 is 15.8 Å². The molecule has 0 radical (unpaired) electrons. The van der Waals surface area contributed by atoms with Gasteiger partial charge in [-0.05, 0) is 37.6 Å². The molecule has 1 aromatic carbocycles. The number of sulfonamides is 1. The maximum atomic E-state index is 14.4. The van der Waals surface area contributed by atoms with Crippen molar-refractivity contribution in [3.05, 3.63) is 42.0 Å². The van der Waals surface area contributed by atoms with E-state index in [2.05, 4.69) is 10.4 Å². The molecular formula is C15H19FN4O2S. The van der Waals surface area contributed by atoms with Crippen LogP contribution in [0.1, 0.15) is 12.5 Å². The summed E-state index contributed by atoms with van der Waals surface area (Å²) in [6.07, 6.45) is 3.30. The van der Waals surface area contributed by atoms with Gasteiger partial charge in [0.05, 0.1) is 11.1 Å². The van der Waals surface area contributed by atoms with Gasteiger partial charge in [-0.3, -0.25) is 0 Å². The molecule has 2 heterocycles. The Labute approximate surface area is 135 Å². The van der Waals surface area contributed by atoms with Gasteiger partial charge in [0.15, 0.2) is 0 Å². The van der Waals surface area contributed by atoms with Gasteiger partial charge < -0.3 is 5.32 Å². The molecule has 1 aliphatic rings. The average molecular weight is 338 g/mol. The highest BCUT2D eigenvalue weighted by molar-refractivity contribution is 7.89. The van der Waals surface area contributed by atoms with Crippen LogP contribution < -0.4 is 5.32 Å². The zero-order chi connectivity index (χ0) is 16.6. The van der Waals surface area contributed by atoms with Gasteiger partial charge >= 0.3 is 0 Å². The number of aryl methyl sites for hydroxylation is 1. The van der Waals surface area contributed by atoms with Gasteiger partial charge in [0.1, 0.15) is 11.5 Å². The molecule has 1 N–H and O–H groups in total. The van der Waals surface area contributed by atoms with Crippen molar-refractivity contribution in [1.29, 1.82) is 0 Å². The summed E-state index contributed by atoms with van der Waals surface area (Å²) in [5.41, 5.74) is 1.13. The Hall–Kier alpha value is -1.77. The maximum Gasteiger partial charge on any atom is 0.243 e. The largest absolute Gasteiger partial charge is 0.312 e. The minimum atomic E-state index is -3.69. The van der Waals surface area contributed by atoms with Crippen molar-refractivity contribution in [1.82, 2.24) is 19.4 Å². The number of rotatable bonds is 3. The minimum absolute atomic E-state index is 0.0308. The Morgan fingerprint density at radius 3 is 2.78 bits per heavy atom. The van der Waals surface area contributed by atoms with Crippen molar-refractivity contribution in [2.24, 2.45) is 0 Å². The Morgan fingerprint density at radius 2 is 2.17 bits per heavy atom. The maximum absolute atomic E-state index is 14.4. The van der Waals surface area contributed by atoms with Gasteiger partial charge in [-0.2, -0.15) is 9.40 Å². The lowest BCUT2D eigenvalue weighted by Crippen LogP contribution is -2.51. The molecule has 1 atom stereocenters. The fourth-order valence-corrected chi connectivity index (χ4v) is 4.18. The summed E-state index contributed by atoms with van der Waals surface area (Å²) in [5.74, 6) is -0.614. The van der Waals surface area contributed by atoms with E-state index in [1.165, 1.54) is 21.1 Å². The third-order valence-electron chi connectivity index (χ3n) is 3.85. The lowest BCUT2D eigenvalue weighted by atomic mass is 10.3. The number of halogens is 1. The molecule has 23 heavy (non-hydrogen) atoms. The zero-order valence-corrected chi connectivity index (χ0v) is 13.8. The van der Waals surface area contributed by atoms with Crippen LogP contribution in [0.25, 0.3) is 5.69 Å². The summed E-state index contributed by atoms with van der Waals surface area (Å²) >= 11 is 0. The molecule has 6 nitrogen and oxygen atoms in total. The molecule has 2 aromatic rings. The molecule has 124 valence electrons. The number of nitrogens with one attached hydrogen (secondary N) is 1. The highest BCUT2D eigenvalue weighted by Crippen LogP contribution is 2.22. The van der Waals surface area contributed by atoms with Crippen LogP contribution in [-0.2, 0) is 10.0 Å². The van der Waals surface area contributed by atoms with Crippen LogP contribution >= 0.6 is 0 Å². The first-order chi connectivity index (χ1) is 10.9. The first-order valence-corrected chi connectivity index (χ1v) is 8.86. The Bertz CT molecular complexity index is 819. The smallest absolute Gasteiger partial charge is 0.243 e. The fraction of sp³-hybridized carbons (Fsp3) is 0.400. The van der Waals surface area contributed by atoms with E-state index in [-0.39, 0.29) is 16.6 Å². The van der Waals surface area contributed by atoms with Crippen LogP contribution in [0.5, 0.6) is 0 Å². The van der Waals surface area contributed by atoms with Gasteiger partial charge in [0.25, 0.3) is 0 Å². The topological polar surface area (TPSA) is 67.2 Å². The quantitative estimate of drug-likeness (QED) is 0.916. The van der Waals surface area contributed by atoms with E-state index in [0.29, 0.717) is 19.6 Å². The zero-order valence-electron chi connectivity index (χ0n) is 13.0. The summed E-state index contributed by atoms with van der Waals surface area (Å²) in [6, 6.07) is 4.02. The van der Waals surface area contributed by atoms with E-state index in [4.69, 9.17) is 0 Å². The lowest BCUT2D eigenvalue weighted by molar-refractivity contribution is 0.310. The number of benzene rings is 1. The van der Waals surface area contributed by atoms with Gasteiger partial charge in [0, 0.05) is 31.9 Å². The average Bonchev–Trinajstić information content (AvgIpc) is 2.93. The van der Waals surface area contributed by atoms with Crippen molar-refractivity contribution in [3.63, 3.8) is 0 Å². The lowest BCUT2D eigenvalue weighted by Gasteiger charge is -2.31. The SMILES string of the molecule is Cc1cnn(-c2ccc(S(=O)(=O)N3CCN[C@H](C)C3)cc2F)c1. The van der Waals surface area contributed by atoms with Crippen LogP contribution in [0.15, 0.2) is 35.5 Å². The molecular weight excluding hydrogens is 319 g/mol. The van der Waals surface area contributed by atoms with Gasteiger partial charge in [-0.25, -0.2) is 17.5 Å². The highest BCUT2D eigenvalue weighted by atomic mass is 32.2. The van der Waals surface area contributed by atoms with Crippen molar-refractivity contribution in [2.75, 3.05) is 19.6 Å². The highest BCUT2D eigenvalue weighted by Gasteiger charge is 2.29. The monoisotopic (exact) mass is 338 g/mol. The molecule has 0 aliphatic carbocycles. The van der Waals surface area contributed by atoms with Crippen molar-refractivity contribution >= 4 is 10.0 Å². The van der Waals surface area contributed by atoms with E-state index >= 15 is 0 Å². The van der Waals surface area contributed by atoms with E-state index in [1.54, 1.807) is 12.4 Å². The van der Waals surface area contributed by atoms with E-state index in [1.807, 2.05) is 13.8 Å². The molecule has 1 aromatic heterocycles. The molecule has 0 unspecified atom stereocenters. The molecule has 0 spiro atoms. The summed E-state index contributed by atoms with van der Waals surface area (Å²) in [4.78, 5) is -0.0308. The van der Waals surface area contributed by atoms with Gasteiger partial charge in [-0.1, -0.05) is 0 Å². The van der Waals surface area contributed by atoms with Gasteiger partial charge in [0.2, 0.25) is 10.0 Å². The third kappa shape index (κ3) is 3.15. The summed E-state index contributed by atoms with van der Waals surface area (Å²) in [6.45, 7) is 5.13. The Kier molecular flexibility index (Phi) is 4.22. The third-order valence-corrected chi connectivity index (χ3v) is 5.71. The first kappa shape index (κ1) is 16.1. The predicted molar refractivity (Wildman–Crippen MR) is 84.5 cm³/mol. The first-order valence-electron chi connectivity index (χ1n) is 7.42. The predicted octanol–water partition coefficient (Wildman–Crippen LogP) is 1.30. The minimum Gasteiger partial charge on any atom is -0.312 e. The summed E-state index contributed by atoms with van der Waals surface area (Å²) in [5, 5.41) is 7.24. The van der Waals surface area contributed by atoms with Crippen molar-refractivity contribution in [3.8, 4) is 5.69 Å². The van der Waals surface area contributed by atoms with E-state index in [9.17, 15) is 12.8 Å². The Balaban J connectivity index is 1.93. The molecule has 1 fully saturated rings. The second-order valence-corrected chi connectivity index (χ2v) is 7.73. The molecule has 1 aliphatic heterocycles.